The number of thiazole rings is 1. The van der Waals surface area contributed by atoms with Crippen molar-refractivity contribution in [3.05, 3.63) is 11.1 Å². The second-order valence-corrected chi connectivity index (χ2v) is 11.6. The number of aromatic nitrogens is 1. The summed E-state index contributed by atoms with van der Waals surface area (Å²) in [5, 5.41) is 8.41. The molecule has 6 aliphatic rings. The number of hydrogen-bond donors (Lipinski definition) is 2. The first-order valence-electron chi connectivity index (χ1n) is 11.8. The van der Waals surface area contributed by atoms with E-state index in [1.54, 1.807) is 0 Å². The topological polar surface area (TPSA) is 91.4 Å². The van der Waals surface area contributed by atoms with Gasteiger partial charge in [0.25, 0.3) is 5.91 Å². The molecule has 7 nitrogen and oxygen atoms in total. The molecule has 0 radical (unpaired) electrons. The van der Waals surface area contributed by atoms with E-state index in [-0.39, 0.29) is 23.8 Å². The van der Waals surface area contributed by atoms with Crippen LogP contribution in [0.25, 0.3) is 0 Å². The van der Waals surface area contributed by atoms with Gasteiger partial charge in [0.05, 0.1) is 5.69 Å². The van der Waals surface area contributed by atoms with Crippen LogP contribution < -0.4 is 10.6 Å². The molecule has 31 heavy (non-hydrogen) atoms. The van der Waals surface area contributed by atoms with Crippen LogP contribution in [0.5, 0.6) is 0 Å². The van der Waals surface area contributed by atoms with Gasteiger partial charge in [-0.05, 0) is 69.1 Å². The Balaban J connectivity index is 1.12. The SMILES string of the molecule is O=C(CN1C(=O)NC2(CCCCC2)C1=O)Nc1nc(C23CC4CC(CC(C4)C2)C3)cs1. The third kappa shape index (κ3) is 3.20. The molecule has 4 bridgehead atoms. The molecular formula is C23H30N4O3S. The summed E-state index contributed by atoms with van der Waals surface area (Å²) in [6, 6.07) is -0.449. The van der Waals surface area contributed by atoms with E-state index in [0.717, 1.165) is 47.6 Å². The van der Waals surface area contributed by atoms with Crippen molar-refractivity contribution in [3.63, 3.8) is 0 Å². The first-order valence-corrected chi connectivity index (χ1v) is 12.7. The molecular weight excluding hydrogens is 412 g/mol. The van der Waals surface area contributed by atoms with Crippen molar-refractivity contribution in [2.45, 2.75) is 81.6 Å². The number of nitrogens with one attached hydrogen (secondary N) is 2. The van der Waals surface area contributed by atoms with Crippen molar-refractivity contribution in [3.8, 4) is 0 Å². The Bertz CT molecular complexity index is 900. The molecule has 6 fully saturated rings. The summed E-state index contributed by atoms with van der Waals surface area (Å²) in [5.41, 5.74) is 0.553. The van der Waals surface area contributed by atoms with E-state index in [1.165, 1.54) is 49.9 Å². The summed E-state index contributed by atoms with van der Waals surface area (Å²) in [4.78, 5) is 43.9. The van der Waals surface area contributed by atoms with Crippen LogP contribution in [0.3, 0.4) is 0 Å². The number of anilines is 1. The van der Waals surface area contributed by atoms with E-state index >= 15 is 0 Å². The molecule has 1 spiro atoms. The number of urea groups is 1. The minimum Gasteiger partial charge on any atom is -0.323 e. The number of rotatable bonds is 4. The summed E-state index contributed by atoms with van der Waals surface area (Å²) in [5.74, 6) is 1.93. The van der Waals surface area contributed by atoms with Crippen molar-refractivity contribution in [2.24, 2.45) is 17.8 Å². The summed E-state index contributed by atoms with van der Waals surface area (Å²) in [6.07, 6.45) is 12.1. The van der Waals surface area contributed by atoms with Gasteiger partial charge in [-0.15, -0.1) is 11.3 Å². The van der Waals surface area contributed by atoms with Gasteiger partial charge in [0, 0.05) is 10.8 Å². The van der Waals surface area contributed by atoms with Gasteiger partial charge in [0.2, 0.25) is 5.91 Å². The zero-order valence-corrected chi connectivity index (χ0v) is 18.6. The fourth-order valence-corrected chi connectivity index (χ4v) is 8.47. The molecule has 0 atom stereocenters. The number of nitrogens with zero attached hydrogens (tertiary/aromatic N) is 2. The first-order chi connectivity index (χ1) is 14.9. The molecule has 0 unspecified atom stereocenters. The molecule has 8 heteroatoms. The van der Waals surface area contributed by atoms with E-state index in [2.05, 4.69) is 16.0 Å². The maximum Gasteiger partial charge on any atom is 0.325 e. The average molecular weight is 443 g/mol. The van der Waals surface area contributed by atoms with Crippen LogP contribution in [0.15, 0.2) is 5.38 Å². The van der Waals surface area contributed by atoms with Crippen LogP contribution in [0, 0.1) is 17.8 Å². The van der Waals surface area contributed by atoms with Crippen molar-refractivity contribution in [1.29, 1.82) is 0 Å². The number of carbonyl (C=O) groups excluding carboxylic acids is 3. The van der Waals surface area contributed by atoms with Gasteiger partial charge >= 0.3 is 6.03 Å². The summed E-state index contributed by atoms with van der Waals surface area (Å²) in [7, 11) is 0. The third-order valence-electron chi connectivity index (χ3n) is 8.59. The van der Waals surface area contributed by atoms with Crippen LogP contribution in [-0.2, 0) is 15.0 Å². The number of hydrogen-bond acceptors (Lipinski definition) is 5. The smallest absolute Gasteiger partial charge is 0.323 e. The van der Waals surface area contributed by atoms with Crippen LogP contribution in [0.4, 0.5) is 9.93 Å². The first kappa shape index (κ1) is 19.7. The average Bonchev–Trinajstić information content (AvgIpc) is 3.27. The molecule has 5 aliphatic carbocycles. The van der Waals surface area contributed by atoms with Gasteiger partial charge in [0.15, 0.2) is 5.13 Å². The highest BCUT2D eigenvalue weighted by atomic mass is 32.1. The molecule has 166 valence electrons. The van der Waals surface area contributed by atoms with Crippen LogP contribution in [0.2, 0.25) is 0 Å². The van der Waals surface area contributed by atoms with Gasteiger partial charge in [-0.2, -0.15) is 0 Å². The third-order valence-corrected chi connectivity index (χ3v) is 9.34. The van der Waals surface area contributed by atoms with Crippen molar-refractivity contribution >= 4 is 34.3 Å². The van der Waals surface area contributed by atoms with Crippen molar-refractivity contribution in [1.82, 2.24) is 15.2 Å². The Morgan fingerprint density at radius 1 is 1.10 bits per heavy atom. The molecule has 7 rings (SSSR count). The summed E-state index contributed by atoms with van der Waals surface area (Å²) in [6.45, 7) is -0.251. The molecule has 4 amide bonds. The van der Waals surface area contributed by atoms with E-state index in [4.69, 9.17) is 4.98 Å². The Morgan fingerprint density at radius 3 is 2.39 bits per heavy atom. The second-order valence-electron chi connectivity index (χ2n) is 10.7. The molecule has 1 aliphatic heterocycles. The number of amides is 4. The summed E-state index contributed by atoms with van der Waals surface area (Å²) >= 11 is 1.46. The predicted octanol–water partition coefficient (Wildman–Crippen LogP) is 3.80. The van der Waals surface area contributed by atoms with Gasteiger partial charge in [-0.3, -0.25) is 14.5 Å². The Kier molecular flexibility index (Phi) is 4.46. The van der Waals surface area contributed by atoms with Gasteiger partial charge in [0.1, 0.15) is 12.1 Å². The van der Waals surface area contributed by atoms with E-state index < -0.39 is 11.6 Å². The lowest BCUT2D eigenvalue weighted by molar-refractivity contribution is -0.134. The molecule has 2 N–H and O–H groups in total. The fraction of sp³-hybridized carbons (Fsp3) is 0.739. The highest BCUT2D eigenvalue weighted by Crippen LogP contribution is 2.60. The van der Waals surface area contributed by atoms with E-state index in [9.17, 15) is 14.4 Å². The second kappa shape index (κ2) is 7.02. The zero-order chi connectivity index (χ0) is 21.2. The van der Waals surface area contributed by atoms with Crippen LogP contribution in [-0.4, -0.2) is 39.8 Å². The quantitative estimate of drug-likeness (QED) is 0.694. The molecule has 0 aromatic carbocycles. The molecule has 5 saturated carbocycles. The predicted molar refractivity (Wildman–Crippen MR) is 117 cm³/mol. The van der Waals surface area contributed by atoms with Gasteiger partial charge in [-0.25, -0.2) is 9.78 Å². The van der Waals surface area contributed by atoms with Gasteiger partial charge < -0.3 is 10.6 Å². The lowest BCUT2D eigenvalue weighted by atomic mass is 9.49. The lowest BCUT2D eigenvalue weighted by Gasteiger charge is -2.56. The Labute approximate surface area is 186 Å². The number of imide groups is 1. The summed E-state index contributed by atoms with van der Waals surface area (Å²) < 4.78 is 0. The van der Waals surface area contributed by atoms with E-state index in [1.807, 2.05) is 0 Å². The van der Waals surface area contributed by atoms with Crippen molar-refractivity contribution in [2.75, 3.05) is 11.9 Å². The highest BCUT2D eigenvalue weighted by molar-refractivity contribution is 7.14. The lowest BCUT2D eigenvalue weighted by Crippen LogP contribution is -2.48. The highest BCUT2D eigenvalue weighted by Gasteiger charge is 2.53. The van der Waals surface area contributed by atoms with E-state index in [0.29, 0.717) is 18.0 Å². The largest absolute Gasteiger partial charge is 0.325 e. The van der Waals surface area contributed by atoms with Crippen molar-refractivity contribution < 1.29 is 14.4 Å². The normalized spacial score (nSPS) is 35.6. The Hall–Kier alpha value is -1.96. The molecule has 1 aromatic rings. The standard InChI is InChI=1S/C23H30N4O3S/c28-18(12-27-19(29)23(26-21(27)30)4-2-1-3-5-23)25-20-24-17(13-31-20)22-9-14-6-15(10-22)8-16(7-14)11-22/h13-16H,1-12H2,(H,26,30)(H,24,25,28). The monoisotopic (exact) mass is 442 g/mol. The maximum atomic E-state index is 12.9. The van der Waals surface area contributed by atoms with Crippen LogP contribution in [0.1, 0.15) is 76.3 Å². The Morgan fingerprint density at radius 2 is 1.74 bits per heavy atom. The minimum absolute atomic E-state index is 0.201. The molecule has 1 saturated heterocycles. The fourth-order valence-electron chi connectivity index (χ4n) is 7.62. The maximum absolute atomic E-state index is 12.9. The molecule has 1 aromatic heterocycles. The van der Waals surface area contributed by atoms with Crippen LogP contribution >= 0.6 is 11.3 Å². The molecule has 2 heterocycles. The number of carbonyl (C=O) groups is 3. The van der Waals surface area contributed by atoms with Gasteiger partial charge in [-0.1, -0.05) is 19.3 Å². The zero-order valence-electron chi connectivity index (χ0n) is 17.8. The minimum atomic E-state index is -0.789.